The Morgan fingerprint density at radius 1 is 0.969 bits per heavy atom. The lowest BCUT2D eigenvalue weighted by Gasteiger charge is -2.12. The highest BCUT2D eigenvalue weighted by molar-refractivity contribution is 7.99. The van der Waals surface area contributed by atoms with Crippen molar-refractivity contribution in [2.75, 3.05) is 11.1 Å². The lowest BCUT2D eigenvalue weighted by atomic mass is 10.2. The molecule has 0 aliphatic rings. The Morgan fingerprint density at radius 2 is 1.69 bits per heavy atom. The van der Waals surface area contributed by atoms with Gasteiger partial charge in [0.1, 0.15) is 5.75 Å². The van der Waals surface area contributed by atoms with E-state index in [9.17, 15) is 4.79 Å². The average molecular weight is 445 g/mol. The maximum Gasteiger partial charge on any atom is 0.234 e. The number of rotatable bonds is 8. The summed E-state index contributed by atoms with van der Waals surface area (Å²) in [4.78, 5) is 12.7. The fourth-order valence-electron chi connectivity index (χ4n) is 3.19. The van der Waals surface area contributed by atoms with Crippen molar-refractivity contribution in [3.05, 3.63) is 84.4 Å². The highest BCUT2D eigenvalue weighted by atomic mass is 32.2. The number of anilines is 1. The molecule has 6 nitrogen and oxygen atoms in total. The van der Waals surface area contributed by atoms with Gasteiger partial charge in [-0.25, -0.2) is 0 Å². The highest BCUT2D eigenvalue weighted by Gasteiger charge is 2.15. The van der Waals surface area contributed by atoms with E-state index in [2.05, 4.69) is 15.5 Å². The van der Waals surface area contributed by atoms with E-state index in [0.29, 0.717) is 23.1 Å². The molecular weight excluding hydrogens is 420 g/mol. The van der Waals surface area contributed by atoms with E-state index in [4.69, 9.17) is 4.74 Å². The van der Waals surface area contributed by atoms with Crippen molar-refractivity contribution in [1.82, 2.24) is 14.8 Å². The first-order valence-corrected chi connectivity index (χ1v) is 11.4. The third-order valence-electron chi connectivity index (χ3n) is 4.81. The first-order valence-electron chi connectivity index (χ1n) is 10.4. The summed E-state index contributed by atoms with van der Waals surface area (Å²) in [5.74, 6) is 2.19. The number of hydrogen-bond donors (Lipinski definition) is 1. The molecule has 4 aromatic rings. The summed E-state index contributed by atoms with van der Waals surface area (Å²) in [7, 11) is 0. The van der Waals surface area contributed by atoms with Crippen LogP contribution in [0.4, 0.5) is 5.69 Å². The number of hydrogen-bond acceptors (Lipinski definition) is 5. The van der Waals surface area contributed by atoms with Crippen molar-refractivity contribution >= 4 is 23.4 Å². The monoisotopic (exact) mass is 444 g/mol. The number of benzene rings is 3. The molecule has 1 amide bonds. The molecule has 1 heterocycles. The lowest BCUT2D eigenvalue weighted by Crippen LogP contribution is -2.15. The van der Waals surface area contributed by atoms with Gasteiger partial charge in [0.05, 0.1) is 11.4 Å². The van der Waals surface area contributed by atoms with Gasteiger partial charge in [0.2, 0.25) is 5.91 Å². The number of thioether (sulfide) groups is 1. The van der Waals surface area contributed by atoms with Crippen molar-refractivity contribution in [2.24, 2.45) is 0 Å². The molecule has 0 aliphatic carbocycles. The summed E-state index contributed by atoms with van der Waals surface area (Å²) in [5, 5.41) is 12.3. The van der Waals surface area contributed by atoms with E-state index in [1.54, 1.807) is 0 Å². The number of aromatic nitrogens is 3. The second-order valence-corrected chi connectivity index (χ2v) is 8.11. The van der Waals surface area contributed by atoms with Crippen molar-refractivity contribution in [3.63, 3.8) is 0 Å². The molecule has 1 aromatic heterocycles. The van der Waals surface area contributed by atoms with Crippen molar-refractivity contribution in [2.45, 2.75) is 25.5 Å². The van der Waals surface area contributed by atoms with Crippen molar-refractivity contribution < 1.29 is 9.53 Å². The lowest BCUT2D eigenvalue weighted by molar-refractivity contribution is -0.113. The van der Waals surface area contributed by atoms with Crippen LogP contribution < -0.4 is 10.1 Å². The normalized spacial score (nSPS) is 10.7. The summed E-state index contributed by atoms with van der Waals surface area (Å²) in [6, 6.07) is 25.1. The Bertz CT molecular complexity index is 1190. The van der Waals surface area contributed by atoms with Crippen LogP contribution in [-0.2, 0) is 11.3 Å². The van der Waals surface area contributed by atoms with Crippen molar-refractivity contribution in [1.29, 1.82) is 0 Å². The molecule has 32 heavy (non-hydrogen) atoms. The number of ether oxygens (including phenoxy) is 1. The Hall–Kier alpha value is -3.58. The molecule has 0 aliphatic heterocycles. The van der Waals surface area contributed by atoms with Gasteiger partial charge in [-0.1, -0.05) is 71.9 Å². The zero-order chi connectivity index (χ0) is 22.3. The van der Waals surface area contributed by atoms with Crippen LogP contribution in [0.5, 0.6) is 11.5 Å². The number of nitrogens with zero attached hydrogens (tertiary/aromatic N) is 3. The van der Waals surface area contributed by atoms with E-state index in [0.717, 1.165) is 22.7 Å². The Morgan fingerprint density at radius 3 is 2.44 bits per heavy atom. The number of para-hydroxylation sites is 2. The molecular formula is C25H24N4O2S. The highest BCUT2D eigenvalue weighted by Crippen LogP contribution is 2.30. The van der Waals surface area contributed by atoms with Crippen LogP contribution in [0.2, 0.25) is 0 Å². The minimum atomic E-state index is -0.137. The third kappa shape index (κ3) is 5.18. The molecule has 162 valence electrons. The number of nitrogens with one attached hydrogen (secondary N) is 1. The number of amides is 1. The summed E-state index contributed by atoms with van der Waals surface area (Å²) >= 11 is 1.36. The third-order valence-corrected chi connectivity index (χ3v) is 5.77. The standard InChI is InChI=1S/C25H24N4O2S/c1-3-29-24(19-9-5-4-6-10-19)27-28-25(29)32-17-23(30)26-21-11-7-8-12-22(21)31-20-15-13-18(2)14-16-20/h4-16H,3,17H2,1-2H3,(H,26,30). The van der Waals surface area contributed by atoms with Crippen molar-refractivity contribution in [3.8, 4) is 22.9 Å². The van der Waals surface area contributed by atoms with Crippen LogP contribution in [0.25, 0.3) is 11.4 Å². The van der Waals surface area contributed by atoms with Gasteiger partial charge in [-0.3, -0.25) is 4.79 Å². The molecule has 0 saturated carbocycles. The molecule has 0 unspecified atom stereocenters. The Labute approximate surface area is 191 Å². The molecule has 0 bridgehead atoms. The van der Waals surface area contributed by atoms with E-state index in [-0.39, 0.29) is 11.7 Å². The predicted molar refractivity (Wildman–Crippen MR) is 128 cm³/mol. The summed E-state index contributed by atoms with van der Waals surface area (Å²) in [6.45, 7) is 4.78. The maximum absolute atomic E-state index is 12.7. The summed E-state index contributed by atoms with van der Waals surface area (Å²) in [5.41, 5.74) is 2.78. The first-order chi connectivity index (χ1) is 15.6. The van der Waals surface area contributed by atoms with Gasteiger partial charge in [0, 0.05) is 12.1 Å². The maximum atomic E-state index is 12.7. The fourth-order valence-corrected chi connectivity index (χ4v) is 3.99. The topological polar surface area (TPSA) is 69.0 Å². The molecule has 1 N–H and O–H groups in total. The predicted octanol–water partition coefficient (Wildman–Crippen LogP) is 5.80. The molecule has 7 heteroatoms. The van der Waals surface area contributed by atoms with E-state index in [1.165, 1.54) is 11.8 Å². The first kappa shape index (κ1) is 21.6. The van der Waals surface area contributed by atoms with Crippen LogP contribution in [0.3, 0.4) is 0 Å². The van der Waals surface area contributed by atoms with Gasteiger partial charge in [-0.2, -0.15) is 0 Å². The minimum Gasteiger partial charge on any atom is -0.455 e. The Balaban J connectivity index is 1.42. The molecule has 4 rings (SSSR count). The second kappa shape index (κ2) is 10.2. The molecule has 0 saturated heterocycles. The van der Waals surface area contributed by atoms with Crippen LogP contribution in [0, 0.1) is 6.92 Å². The van der Waals surface area contributed by atoms with Gasteiger partial charge in [-0.15, -0.1) is 10.2 Å². The summed E-state index contributed by atoms with van der Waals surface area (Å²) < 4.78 is 7.98. The molecule has 0 radical (unpaired) electrons. The quantitative estimate of drug-likeness (QED) is 0.348. The number of aryl methyl sites for hydroxylation is 1. The molecule has 0 atom stereocenters. The van der Waals surface area contributed by atoms with Gasteiger partial charge < -0.3 is 14.6 Å². The SMILES string of the molecule is CCn1c(SCC(=O)Nc2ccccc2Oc2ccc(C)cc2)nnc1-c1ccccc1. The van der Waals surface area contributed by atoms with E-state index < -0.39 is 0 Å². The number of carbonyl (C=O) groups excluding carboxylic acids is 1. The zero-order valence-electron chi connectivity index (χ0n) is 18.0. The van der Waals surface area contributed by atoms with Gasteiger partial charge >= 0.3 is 0 Å². The zero-order valence-corrected chi connectivity index (χ0v) is 18.8. The second-order valence-electron chi connectivity index (χ2n) is 7.16. The van der Waals surface area contributed by atoms with Gasteiger partial charge in [0.15, 0.2) is 16.7 Å². The number of carbonyl (C=O) groups is 1. The average Bonchev–Trinajstić information content (AvgIpc) is 3.24. The van der Waals surface area contributed by atoms with Crippen LogP contribution >= 0.6 is 11.8 Å². The fraction of sp³-hybridized carbons (Fsp3) is 0.160. The van der Waals surface area contributed by atoms with Crippen LogP contribution in [0.15, 0.2) is 84.0 Å². The smallest absolute Gasteiger partial charge is 0.234 e. The molecule has 0 fully saturated rings. The minimum absolute atomic E-state index is 0.137. The molecule has 3 aromatic carbocycles. The molecule has 0 spiro atoms. The van der Waals surface area contributed by atoms with Crippen LogP contribution in [0.1, 0.15) is 12.5 Å². The largest absolute Gasteiger partial charge is 0.455 e. The van der Waals surface area contributed by atoms with E-state index in [1.807, 2.05) is 97.3 Å². The Kier molecular flexibility index (Phi) is 6.87. The van der Waals surface area contributed by atoms with Gasteiger partial charge in [0.25, 0.3) is 0 Å². The van der Waals surface area contributed by atoms with Crippen LogP contribution in [-0.4, -0.2) is 26.4 Å². The summed E-state index contributed by atoms with van der Waals surface area (Å²) in [6.07, 6.45) is 0. The van der Waals surface area contributed by atoms with Gasteiger partial charge in [-0.05, 0) is 38.1 Å². The van der Waals surface area contributed by atoms with E-state index >= 15 is 0 Å².